The number of nitrogens with zero attached hydrogens (tertiary/aromatic N) is 4. The standard InChI is InChI=1S/C28H32F3N7O/c1-18-6-7-19(11-26(18)38(33)17-25(32)20-5-4-9-34-15-20)27(39)35-22-12-21(28(29,30)31)13-24(14-22)37(3)23-8-10-36(2)16-23/h4-7,9,11-15,17,23H,8,10,16,32-33H2,1-3H3,(H,35,39)/b25-17-. The minimum absolute atomic E-state index is 0.0514. The molecule has 8 nitrogen and oxygen atoms in total. The first-order valence-electron chi connectivity index (χ1n) is 12.4. The number of hydrogen-bond acceptors (Lipinski definition) is 7. The van der Waals surface area contributed by atoms with Crippen molar-refractivity contribution in [2.75, 3.05) is 42.4 Å². The van der Waals surface area contributed by atoms with Gasteiger partial charge in [0.25, 0.3) is 5.91 Å². The highest BCUT2D eigenvalue weighted by Crippen LogP contribution is 2.35. The van der Waals surface area contributed by atoms with Crippen molar-refractivity contribution in [2.45, 2.75) is 25.6 Å². The number of carbonyl (C=O) groups is 1. The molecule has 1 saturated heterocycles. The van der Waals surface area contributed by atoms with Crippen molar-refractivity contribution in [2.24, 2.45) is 11.6 Å². The second-order valence-electron chi connectivity index (χ2n) is 9.77. The molecule has 5 N–H and O–H groups in total. The number of aryl methyl sites for hydroxylation is 1. The number of nitrogens with one attached hydrogen (secondary N) is 1. The van der Waals surface area contributed by atoms with E-state index in [1.54, 1.807) is 55.8 Å². The second-order valence-corrected chi connectivity index (χ2v) is 9.77. The fourth-order valence-electron chi connectivity index (χ4n) is 4.55. The van der Waals surface area contributed by atoms with Crippen molar-refractivity contribution < 1.29 is 18.0 Å². The van der Waals surface area contributed by atoms with E-state index in [-0.39, 0.29) is 17.3 Å². The van der Waals surface area contributed by atoms with Gasteiger partial charge in [-0.2, -0.15) is 13.2 Å². The quantitative estimate of drug-likeness (QED) is 0.301. The predicted octanol–water partition coefficient (Wildman–Crippen LogP) is 4.44. The zero-order valence-corrected chi connectivity index (χ0v) is 22.0. The van der Waals surface area contributed by atoms with Crippen LogP contribution in [-0.2, 0) is 6.18 Å². The van der Waals surface area contributed by atoms with E-state index >= 15 is 0 Å². The number of hydrogen-bond donors (Lipinski definition) is 3. The van der Waals surface area contributed by atoms with Crippen molar-refractivity contribution in [3.8, 4) is 0 Å². The molecule has 1 fully saturated rings. The Labute approximate surface area is 225 Å². The number of benzene rings is 2. The van der Waals surface area contributed by atoms with Crippen molar-refractivity contribution in [3.05, 3.63) is 89.4 Å². The summed E-state index contributed by atoms with van der Waals surface area (Å²) in [7, 11) is 3.75. The molecule has 3 aromatic rings. The first-order chi connectivity index (χ1) is 18.4. The molecule has 0 saturated carbocycles. The summed E-state index contributed by atoms with van der Waals surface area (Å²) in [6, 6.07) is 12.1. The van der Waals surface area contributed by atoms with Crippen LogP contribution in [0.25, 0.3) is 5.70 Å². The van der Waals surface area contributed by atoms with Gasteiger partial charge in [0.2, 0.25) is 0 Å². The number of anilines is 3. The molecular formula is C28H32F3N7O. The fraction of sp³-hybridized carbons (Fsp3) is 0.286. The van der Waals surface area contributed by atoms with Crippen LogP contribution in [0, 0.1) is 6.92 Å². The number of hydrazine groups is 1. The van der Waals surface area contributed by atoms with E-state index in [1.165, 1.54) is 11.2 Å². The summed E-state index contributed by atoms with van der Waals surface area (Å²) >= 11 is 0. The molecule has 39 heavy (non-hydrogen) atoms. The molecule has 1 aliphatic heterocycles. The number of rotatable bonds is 7. The lowest BCUT2D eigenvalue weighted by Gasteiger charge is -2.28. The number of amides is 1. The van der Waals surface area contributed by atoms with E-state index in [4.69, 9.17) is 11.6 Å². The molecular weight excluding hydrogens is 507 g/mol. The zero-order valence-electron chi connectivity index (χ0n) is 22.0. The Kier molecular flexibility index (Phi) is 8.12. The summed E-state index contributed by atoms with van der Waals surface area (Å²) in [5, 5.41) is 3.93. The van der Waals surface area contributed by atoms with Crippen LogP contribution in [0.4, 0.5) is 30.2 Å². The first kappa shape index (κ1) is 27.9. The molecule has 206 valence electrons. The number of aromatic nitrogens is 1. The lowest BCUT2D eigenvalue weighted by Crippen LogP contribution is -2.34. The van der Waals surface area contributed by atoms with E-state index < -0.39 is 17.6 Å². The van der Waals surface area contributed by atoms with Crippen LogP contribution in [-0.4, -0.2) is 49.0 Å². The van der Waals surface area contributed by atoms with Crippen LogP contribution >= 0.6 is 0 Å². The van der Waals surface area contributed by atoms with Gasteiger partial charge in [0.1, 0.15) is 0 Å². The summed E-state index contributed by atoms with van der Waals surface area (Å²) in [6.07, 6.45) is 1.01. The summed E-state index contributed by atoms with van der Waals surface area (Å²) in [5.41, 5.74) is 8.30. The highest BCUT2D eigenvalue weighted by Gasteiger charge is 2.33. The Morgan fingerprint density at radius 1 is 1.18 bits per heavy atom. The van der Waals surface area contributed by atoms with Crippen LogP contribution in [0.5, 0.6) is 0 Å². The Balaban J connectivity index is 1.59. The van der Waals surface area contributed by atoms with E-state index in [9.17, 15) is 18.0 Å². The number of likely N-dealkylation sites (N-methyl/N-ethyl adjacent to an activating group) is 2. The Hall–Kier alpha value is -4.09. The molecule has 11 heteroatoms. The first-order valence-corrected chi connectivity index (χ1v) is 12.4. The fourth-order valence-corrected chi connectivity index (χ4v) is 4.55. The summed E-state index contributed by atoms with van der Waals surface area (Å²) < 4.78 is 41.2. The summed E-state index contributed by atoms with van der Waals surface area (Å²) in [5.74, 6) is 5.67. The lowest BCUT2D eigenvalue weighted by atomic mass is 10.1. The Morgan fingerprint density at radius 3 is 2.59 bits per heavy atom. The molecule has 1 unspecified atom stereocenters. The van der Waals surface area contributed by atoms with Gasteiger partial charge in [0, 0.05) is 60.7 Å². The number of nitrogens with two attached hydrogens (primary N) is 2. The van der Waals surface area contributed by atoms with Gasteiger partial charge in [-0.1, -0.05) is 6.07 Å². The molecule has 2 heterocycles. The van der Waals surface area contributed by atoms with Crippen molar-refractivity contribution in [1.82, 2.24) is 9.88 Å². The van der Waals surface area contributed by atoms with Gasteiger partial charge >= 0.3 is 6.18 Å². The van der Waals surface area contributed by atoms with Crippen LogP contribution in [0.2, 0.25) is 0 Å². The van der Waals surface area contributed by atoms with Crippen LogP contribution in [0.1, 0.15) is 33.5 Å². The highest BCUT2D eigenvalue weighted by molar-refractivity contribution is 6.05. The maximum absolute atomic E-state index is 13.7. The molecule has 1 atom stereocenters. The van der Waals surface area contributed by atoms with Crippen LogP contribution in [0.15, 0.2) is 67.1 Å². The topological polar surface area (TPSA) is 104 Å². The normalized spacial score (nSPS) is 16.3. The zero-order chi connectivity index (χ0) is 28.3. The summed E-state index contributed by atoms with van der Waals surface area (Å²) in [6.45, 7) is 3.44. The maximum Gasteiger partial charge on any atom is 0.416 e. The minimum Gasteiger partial charge on any atom is -0.397 e. The molecule has 0 bridgehead atoms. The van der Waals surface area contributed by atoms with Gasteiger partial charge < -0.3 is 20.9 Å². The van der Waals surface area contributed by atoms with Gasteiger partial charge in [0.05, 0.1) is 16.9 Å². The predicted molar refractivity (Wildman–Crippen MR) is 148 cm³/mol. The Morgan fingerprint density at radius 2 is 1.95 bits per heavy atom. The van der Waals surface area contributed by atoms with Crippen molar-refractivity contribution in [3.63, 3.8) is 0 Å². The molecule has 2 aromatic carbocycles. The van der Waals surface area contributed by atoms with Crippen LogP contribution in [0.3, 0.4) is 0 Å². The van der Waals surface area contributed by atoms with E-state index in [2.05, 4.69) is 15.2 Å². The minimum atomic E-state index is -4.57. The van der Waals surface area contributed by atoms with E-state index in [1.807, 2.05) is 18.9 Å². The van der Waals surface area contributed by atoms with Gasteiger partial charge in [-0.05, 0) is 75.0 Å². The number of carbonyl (C=O) groups excluding carboxylic acids is 1. The van der Waals surface area contributed by atoms with Crippen molar-refractivity contribution >= 4 is 28.7 Å². The SMILES string of the molecule is Cc1ccc(C(=O)Nc2cc(N(C)C3CCN(C)C3)cc(C(F)(F)F)c2)cc1N(N)/C=C(\N)c1cccnc1. The van der Waals surface area contributed by atoms with Crippen LogP contribution < -0.4 is 26.8 Å². The van der Waals surface area contributed by atoms with E-state index in [0.29, 0.717) is 22.6 Å². The average Bonchev–Trinajstić information content (AvgIpc) is 3.34. The lowest BCUT2D eigenvalue weighted by molar-refractivity contribution is -0.137. The maximum atomic E-state index is 13.7. The summed E-state index contributed by atoms with van der Waals surface area (Å²) in [4.78, 5) is 21.2. The van der Waals surface area contributed by atoms with Gasteiger partial charge in [-0.25, -0.2) is 5.84 Å². The number of alkyl halides is 3. The smallest absolute Gasteiger partial charge is 0.397 e. The van der Waals surface area contributed by atoms with Gasteiger partial charge in [-0.15, -0.1) is 0 Å². The number of pyridine rings is 1. The van der Waals surface area contributed by atoms with Gasteiger partial charge in [0.15, 0.2) is 0 Å². The Bertz CT molecular complexity index is 1360. The molecule has 1 aromatic heterocycles. The molecule has 0 aliphatic carbocycles. The molecule has 0 radical (unpaired) electrons. The third-order valence-electron chi connectivity index (χ3n) is 6.85. The average molecular weight is 540 g/mol. The molecule has 4 rings (SSSR count). The number of likely N-dealkylation sites (tertiary alicyclic amines) is 1. The van der Waals surface area contributed by atoms with E-state index in [0.717, 1.165) is 37.2 Å². The second kappa shape index (κ2) is 11.3. The third kappa shape index (κ3) is 6.68. The largest absolute Gasteiger partial charge is 0.416 e. The van der Waals surface area contributed by atoms with Crippen molar-refractivity contribution in [1.29, 1.82) is 0 Å². The number of halogens is 3. The third-order valence-corrected chi connectivity index (χ3v) is 6.85. The molecule has 1 aliphatic rings. The highest BCUT2D eigenvalue weighted by atomic mass is 19.4. The monoisotopic (exact) mass is 539 g/mol. The molecule has 1 amide bonds. The molecule has 0 spiro atoms. The van der Waals surface area contributed by atoms with Gasteiger partial charge in [-0.3, -0.25) is 14.8 Å².